The fourth-order valence-electron chi connectivity index (χ4n) is 4.37. The molecule has 0 fully saturated rings. The van der Waals surface area contributed by atoms with Gasteiger partial charge in [0.25, 0.3) is 0 Å². The number of para-hydroxylation sites is 1. The average Bonchev–Trinajstić information content (AvgIpc) is 3.28. The van der Waals surface area contributed by atoms with Gasteiger partial charge in [0.05, 0.1) is 11.8 Å². The van der Waals surface area contributed by atoms with Gasteiger partial charge in [-0.15, -0.1) is 53.2 Å². The molecule has 6 rings (SSSR count). The number of pyridine rings is 2. The van der Waals surface area contributed by atoms with Gasteiger partial charge in [0, 0.05) is 51.5 Å². The first-order valence-corrected chi connectivity index (χ1v) is 15.8. The van der Waals surface area contributed by atoms with Crippen LogP contribution >= 0.6 is 0 Å². The summed E-state index contributed by atoms with van der Waals surface area (Å²) < 4.78 is 33.6. The summed E-state index contributed by atoms with van der Waals surface area (Å²) in [7, 11) is -1.69. The molecule has 0 aliphatic carbocycles. The van der Waals surface area contributed by atoms with Gasteiger partial charge in [-0.3, -0.25) is 4.98 Å². The number of benzene rings is 3. The molecule has 0 bridgehead atoms. The van der Waals surface area contributed by atoms with E-state index in [1.807, 2.05) is 66.9 Å². The van der Waals surface area contributed by atoms with Crippen LogP contribution in [-0.4, -0.2) is 18.0 Å². The fourth-order valence-corrected chi connectivity index (χ4v) is 5.88. The number of rotatable bonds is 3. The molecule has 0 N–H and O–H groups in total. The van der Waals surface area contributed by atoms with Crippen molar-refractivity contribution in [2.75, 3.05) is 0 Å². The quantitative estimate of drug-likeness (QED) is 0.138. The molecule has 0 saturated carbocycles. The Morgan fingerprint density at radius 2 is 1.67 bits per heavy atom. The van der Waals surface area contributed by atoms with E-state index >= 15 is 0 Å². The third-order valence-corrected chi connectivity index (χ3v) is 8.22. The minimum absolute atomic E-state index is 0. The summed E-state index contributed by atoms with van der Waals surface area (Å²) in [6.07, 6.45) is 2.83. The maximum Gasteiger partial charge on any atom is 0.142 e. The van der Waals surface area contributed by atoms with Crippen LogP contribution in [0.5, 0.6) is 0 Å². The molecule has 0 aliphatic rings. The summed E-state index contributed by atoms with van der Waals surface area (Å²) in [4.78, 5) is 8.21. The van der Waals surface area contributed by atoms with Crippen LogP contribution in [-0.2, 0) is 20.1 Å². The van der Waals surface area contributed by atoms with Crippen LogP contribution in [0.25, 0.3) is 44.5 Å². The molecule has 0 spiro atoms. The van der Waals surface area contributed by atoms with E-state index < -0.39 is 19.7 Å². The molecule has 0 amide bonds. The van der Waals surface area contributed by atoms with E-state index in [4.69, 9.17) is 4.42 Å². The van der Waals surface area contributed by atoms with E-state index in [1.165, 1.54) is 10.8 Å². The zero-order valence-corrected chi connectivity index (χ0v) is 25.4. The van der Waals surface area contributed by atoms with Gasteiger partial charge in [0.1, 0.15) is 17.2 Å². The summed E-state index contributed by atoms with van der Waals surface area (Å²) in [5, 5.41) is 3.17. The van der Waals surface area contributed by atoms with Gasteiger partial charge in [-0.2, -0.15) is 0 Å². The SMILES string of the molecule is C[Si](C)(C)c1c[c-]c(-c2ncc(F)cc2F)c2oc3ccccc3c12.Cc1ccnc(-c2[c-]cccc2)c1.[Ir]. The number of aryl methyl sites for hydroxylation is 1. The number of halogens is 2. The number of hydrogen-bond donors (Lipinski definition) is 0. The van der Waals surface area contributed by atoms with Gasteiger partial charge in [-0.1, -0.05) is 60.4 Å². The van der Waals surface area contributed by atoms with E-state index in [9.17, 15) is 8.78 Å². The molecular weight excluding hydrogens is 687 g/mol. The Kier molecular flexibility index (Phi) is 8.55. The Labute approximate surface area is 241 Å². The molecule has 1 radical (unpaired) electrons. The molecule has 3 aromatic heterocycles. The Morgan fingerprint density at radius 1 is 0.897 bits per heavy atom. The number of furan rings is 1. The second-order valence-electron chi connectivity index (χ2n) is 10.1. The first kappa shape index (κ1) is 28.5. The van der Waals surface area contributed by atoms with E-state index in [1.54, 1.807) is 0 Å². The van der Waals surface area contributed by atoms with Gasteiger partial charge >= 0.3 is 0 Å². The van der Waals surface area contributed by atoms with Crippen LogP contribution in [0.3, 0.4) is 0 Å². The molecule has 0 saturated heterocycles. The first-order valence-electron chi connectivity index (χ1n) is 12.3. The molecule has 3 nitrogen and oxygen atoms in total. The second kappa shape index (κ2) is 11.7. The predicted octanol–water partition coefficient (Wildman–Crippen LogP) is 8.13. The van der Waals surface area contributed by atoms with Crippen LogP contribution in [0.4, 0.5) is 8.78 Å². The largest absolute Gasteiger partial charge is 0.501 e. The van der Waals surface area contributed by atoms with Crippen LogP contribution in [0.1, 0.15) is 5.56 Å². The molecule has 6 aromatic rings. The van der Waals surface area contributed by atoms with Crippen molar-refractivity contribution >= 4 is 35.2 Å². The molecule has 3 aromatic carbocycles. The monoisotopic (exact) mass is 713 g/mol. The smallest absolute Gasteiger partial charge is 0.142 e. The first-order chi connectivity index (χ1) is 18.2. The number of aromatic nitrogens is 2. The zero-order chi connectivity index (χ0) is 26.9. The minimum atomic E-state index is -1.69. The minimum Gasteiger partial charge on any atom is -0.501 e. The van der Waals surface area contributed by atoms with Gasteiger partial charge in [0.2, 0.25) is 0 Å². The van der Waals surface area contributed by atoms with Crippen molar-refractivity contribution < 1.29 is 33.3 Å². The van der Waals surface area contributed by atoms with Crippen LogP contribution in [0, 0.1) is 30.7 Å². The second-order valence-corrected chi connectivity index (χ2v) is 15.1. The topological polar surface area (TPSA) is 38.9 Å². The predicted molar refractivity (Wildman–Crippen MR) is 152 cm³/mol. The van der Waals surface area contributed by atoms with Gasteiger partial charge in [-0.25, -0.2) is 8.78 Å². The molecule has 7 heteroatoms. The molecule has 0 atom stereocenters. The van der Waals surface area contributed by atoms with E-state index in [0.29, 0.717) is 11.1 Å². The molecular formula is C32H26F2IrN2OSi-2. The summed E-state index contributed by atoms with van der Waals surface area (Å²) in [6.45, 7) is 8.80. The Morgan fingerprint density at radius 3 is 2.36 bits per heavy atom. The van der Waals surface area contributed by atoms with E-state index in [-0.39, 0.29) is 25.8 Å². The van der Waals surface area contributed by atoms with Crippen LogP contribution in [0.2, 0.25) is 19.6 Å². The molecule has 39 heavy (non-hydrogen) atoms. The summed E-state index contributed by atoms with van der Waals surface area (Å²) >= 11 is 0. The molecule has 0 unspecified atom stereocenters. The molecule has 199 valence electrons. The normalized spacial score (nSPS) is 11.1. The van der Waals surface area contributed by atoms with Crippen molar-refractivity contribution in [3.8, 4) is 22.5 Å². The van der Waals surface area contributed by atoms with Gasteiger partial charge in [-0.05, 0) is 24.8 Å². The van der Waals surface area contributed by atoms with Crippen molar-refractivity contribution in [2.45, 2.75) is 26.6 Å². The summed E-state index contributed by atoms with van der Waals surface area (Å²) in [5.41, 5.74) is 5.02. The Hall–Kier alpha value is -3.51. The molecule has 3 heterocycles. The third kappa shape index (κ3) is 6.06. The van der Waals surface area contributed by atoms with Crippen molar-refractivity contribution in [3.05, 3.63) is 115 Å². The Balaban J connectivity index is 0.000000213. The maximum atomic E-state index is 14.3. The molecule has 0 aliphatic heterocycles. The number of fused-ring (bicyclic) bond motifs is 3. The summed E-state index contributed by atoms with van der Waals surface area (Å²) in [6, 6.07) is 28.7. The van der Waals surface area contributed by atoms with E-state index in [2.05, 4.69) is 54.7 Å². The zero-order valence-electron chi connectivity index (χ0n) is 22.0. The number of nitrogens with zero attached hydrogens (tertiary/aromatic N) is 2. The maximum absolute atomic E-state index is 14.3. The third-order valence-electron chi connectivity index (χ3n) is 6.21. The van der Waals surface area contributed by atoms with E-state index in [0.717, 1.165) is 39.9 Å². The Bertz CT molecular complexity index is 1750. The fraction of sp³-hybridized carbons (Fsp3) is 0.125. The van der Waals surface area contributed by atoms with Gasteiger partial charge < -0.3 is 9.40 Å². The van der Waals surface area contributed by atoms with Gasteiger partial charge in [0.15, 0.2) is 0 Å². The average molecular weight is 713 g/mol. The van der Waals surface area contributed by atoms with Crippen molar-refractivity contribution in [1.29, 1.82) is 0 Å². The van der Waals surface area contributed by atoms with Crippen LogP contribution in [0.15, 0.2) is 89.6 Å². The number of hydrogen-bond acceptors (Lipinski definition) is 3. The van der Waals surface area contributed by atoms with Crippen LogP contribution < -0.4 is 5.19 Å². The van der Waals surface area contributed by atoms with Crippen molar-refractivity contribution in [3.63, 3.8) is 0 Å². The standard InChI is InChI=1S/C20H16F2NOSi.C12H10N.Ir/c1-25(2,3)17-9-8-14(19-15(22)10-12(21)11-23-19)20-18(17)13-6-4-5-7-16(13)24-20;1-10-7-8-13-12(9-10)11-5-3-2-4-6-11;/h4-7,9-11H,1-3H3;2-5,7-9H,1H3;/q2*-1;. The van der Waals surface area contributed by atoms with Crippen molar-refractivity contribution in [2.24, 2.45) is 0 Å². The van der Waals surface area contributed by atoms with Crippen molar-refractivity contribution in [1.82, 2.24) is 9.97 Å². The summed E-state index contributed by atoms with van der Waals surface area (Å²) in [5.74, 6) is -1.43.